The van der Waals surface area contributed by atoms with Crippen molar-refractivity contribution in [2.45, 2.75) is 32.2 Å². The van der Waals surface area contributed by atoms with E-state index in [1.165, 1.54) is 6.42 Å². The van der Waals surface area contributed by atoms with Crippen LogP contribution in [0.25, 0.3) is 0 Å². The second kappa shape index (κ2) is 5.07. The fourth-order valence-electron chi connectivity index (χ4n) is 2.07. The van der Waals surface area contributed by atoms with Crippen molar-refractivity contribution in [1.29, 1.82) is 0 Å². The molecule has 1 aliphatic rings. The van der Waals surface area contributed by atoms with Gasteiger partial charge < -0.3 is 15.5 Å². The Morgan fingerprint density at radius 3 is 2.88 bits per heavy atom. The van der Waals surface area contributed by atoms with Gasteiger partial charge in [-0.05, 0) is 31.4 Å². The van der Waals surface area contributed by atoms with E-state index in [4.69, 9.17) is 10.2 Å². The van der Waals surface area contributed by atoms with E-state index in [0.29, 0.717) is 12.5 Å². The van der Waals surface area contributed by atoms with Gasteiger partial charge in [-0.15, -0.1) is 0 Å². The van der Waals surface area contributed by atoms with Gasteiger partial charge in [0, 0.05) is 19.0 Å². The smallest absolute Gasteiger partial charge is 0.122 e. The molecule has 1 aromatic rings. The fourth-order valence-corrected chi connectivity index (χ4v) is 2.07. The van der Waals surface area contributed by atoms with Crippen LogP contribution in [0.15, 0.2) is 28.7 Å². The van der Waals surface area contributed by atoms with Crippen molar-refractivity contribution in [3.05, 3.63) is 35.8 Å². The van der Waals surface area contributed by atoms with Gasteiger partial charge in [0.1, 0.15) is 11.5 Å². The van der Waals surface area contributed by atoms with Gasteiger partial charge in [0.05, 0.1) is 6.04 Å². The van der Waals surface area contributed by atoms with Crippen LogP contribution < -0.4 is 11.1 Å². The quantitative estimate of drug-likeness (QED) is 0.744. The molecule has 0 radical (unpaired) electrons. The summed E-state index contributed by atoms with van der Waals surface area (Å²) in [6.07, 6.45) is 1.25. The SMILES string of the molecule is C=C(C)CNC(CN)c1ccc(C2CC2C)o1. The molecule has 1 aromatic heterocycles. The first-order valence-electron chi connectivity index (χ1n) is 6.29. The van der Waals surface area contributed by atoms with Crippen LogP contribution in [0.3, 0.4) is 0 Å². The van der Waals surface area contributed by atoms with Gasteiger partial charge in [-0.1, -0.05) is 19.1 Å². The van der Waals surface area contributed by atoms with E-state index in [1.54, 1.807) is 0 Å². The zero-order chi connectivity index (χ0) is 12.4. The Kier molecular flexibility index (Phi) is 3.69. The Labute approximate surface area is 103 Å². The maximum Gasteiger partial charge on any atom is 0.122 e. The van der Waals surface area contributed by atoms with Crippen LogP contribution in [-0.2, 0) is 0 Å². The fraction of sp³-hybridized carbons (Fsp3) is 0.571. The molecule has 0 amide bonds. The van der Waals surface area contributed by atoms with Crippen molar-refractivity contribution >= 4 is 0 Å². The third-order valence-corrected chi connectivity index (χ3v) is 3.35. The van der Waals surface area contributed by atoms with Gasteiger partial charge in [0.2, 0.25) is 0 Å². The number of hydrogen-bond acceptors (Lipinski definition) is 3. The third kappa shape index (κ3) is 2.99. The maximum absolute atomic E-state index is 5.89. The summed E-state index contributed by atoms with van der Waals surface area (Å²) in [4.78, 5) is 0. The van der Waals surface area contributed by atoms with Crippen LogP contribution in [0.1, 0.15) is 43.7 Å². The lowest BCUT2D eigenvalue weighted by atomic mass is 10.2. The van der Waals surface area contributed by atoms with Crippen LogP contribution in [0.2, 0.25) is 0 Å². The molecule has 0 bridgehead atoms. The molecule has 1 aliphatic carbocycles. The van der Waals surface area contributed by atoms with E-state index in [9.17, 15) is 0 Å². The van der Waals surface area contributed by atoms with E-state index in [0.717, 1.165) is 29.6 Å². The summed E-state index contributed by atoms with van der Waals surface area (Å²) in [7, 11) is 0. The largest absolute Gasteiger partial charge is 0.464 e. The lowest BCUT2D eigenvalue weighted by Gasteiger charge is -2.14. The van der Waals surface area contributed by atoms with Gasteiger partial charge in [0.15, 0.2) is 0 Å². The van der Waals surface area contributed by atoms with Gasteiger partial charge in [-0.2, -0.15) is 0 Å². The number of nitrogens with one attached hydrogen (secondary N) is 1. The molecule has 1 heterocycles. The summed E-state index contributed by atoms with van der Waals surface area (Å²) in [5.74, 6) is 3.46. The molecule has 0 aromatic carbocycles. The van der Waals surface area contributed by atoms with Crippen LogP contribution in [0, 0.1) is 5.92 Å². The van der Waals surface area contributed by atoms with Gasteiger partial charge >= 0.3 is 0 Å². The van der Waals surface area contributed by atoms with Crippen LogP contribution in [0.4, 0.5) is 0 Å². The monoisotopic (exact) mass is 234 g/mol. The number of rotatable bonds is 6. The molecule has 0 saturated heterocycles. The molecule has 0 aliphatic heterocycles. The minimum absolute atomic E-state index is 0.0921. The standard InChI is InChI=1S/C14H22N2O/c1-9(2)8-16-12(7-15)14-5-4-13(17-14)11-6-10(11)3/h4-5,10-12,16H,1,6-8,15H2,2-3H3. The lowest BCUT2D eigenvalue weighted by molar-refractivity contribution is 0.400. The summed E-state index contributed by atoms with van der Waals surface area (Å²) in [5.41, 5.74) is 6.87. The van der Waals surface area contributed by atoms with Crippen molar-refractivity contribution in [2.24, 2.45) is 11.7 Å². The Balaban J connectivity index is 1.98. The highest BCUT2D eigenvalue weighted by Crippen LogP contribution is 2.47. The Morgan fingerprint density at radius 1 is 1.65 bits per heavy atom. The second-order valence-corrected chi connectivity index (χ2v) is 5.19. The van der Waals surface area contributed by atoms with Crippen LogP contribution >= 0.6 is 0 Å². The maximum atomic E-state index is 5.89. The molecule has 2 rings (SSSR count). The molecule has 1 saturated carbocycles. The molecule has 1 fully saturated rings. The zero-order valence-electron chi connectivity index (χ0n) is 10.7. The van der Waals surface area contributed by atoms with E-state index >= 15 is 0 Å². The van der Waals surface area contributed by atoms with Crippen molar-refractivity contribution in [3.63, 3.8) is 0 Å². The molecule has 3 atom stereocenters. The van der Waals surface area contributed by atoms with E-state index < -0.39 is 0 Å². The summed E-state index contributed by atoms with van der Waals surface area (Å²) >= 11 is 0. The van der Waals surface area contributed by atoms with Crippen LogP contribution in [0.5, 0.6) is 0 Å². The van der Waals surface area contributed by atoms with E-state index in [-0.39, 0.29) is 6.04 Å². The molecule has 17 heavy (non-hydrogen) atoms. The van der Waals surface area contributed by atoms with Crippen molar-refractivity contribution in [3.8, 4) is 0 Å². The van der Waals surface area contributed by atoms with Crippen molar-refractivity contribution in [2.75, 3.05) is 13.1 Å². The normalized spacial score (nSPS) is 24.6. The highest BCUT2D eigenvalue weighted by atomic mass is 16.3. The lowest BCUT2D eigenvalue weighted by Crippen LogP contribution is -2.28. The summed E-state index contributed by atoms with van der Waals surface area (Å²) in [6, 6.07) is 4.23. The minimum Gasteiger partial charge on any atom is -0.464 e. The minimum atomic E-state index is 0.0921. The topological polar surface area (TPSA) is 51.2 Å². The molecular formula is C14H22N2O. The average Bonchev–Trinajstić information content (AvgIpc) is 2.82. The van der Waals surface area contributed by atoms with E-state index in [2.05, 4.69) is 24.9 Å². The molecule has 94 valence electrons. The van der Waals surface area contributed by atoms with Gasteiger partial charge in [0.25, 0.3) is 0 Å². The number of nitrogens with two attached hydrogens (primary N) is 1. The molecular weight excluding hydrogens is 212 g/mol. The summed E-state index contributed by atoms with van der Waals surface area (Å²) < 4.78 is 5.89. The Morgan fingerprint density at radius 2 is 2.35 bits per heavy atom. The van der Waals surface area contributed by atoms with Crippen molar-refractivity contribution < 1.29 is 4.42 Å². The first kappa shape index (κ1) is 12.4. The zero-order valence-corrected chi connectivity index (χ0v) is 10.7. The average molecular weight is 234 g/mol. The van der Waals surface area contributed by atoms with E-state index in [1.807, 2.05) is 13.0 Å². The van der Waals surface area contributed by atoms with Crippen LogP contribution in [-0.4, -0.2) is 13.1 Å². The molecule has 3 heteroatoms. The molecule has 3 unspecified atom stereocenters. The predicted octanol–water partition coefficient (Wildman–Crippen LogP) is 2.57. The Bertz CT molecular complexity index is 397. The molecule has 3 nitrogen and oxygen atoms in total. The van der Waals surface area contributed by atoms with Gasteiger partial charge in [-0.3, -0.25) is 0 Å². The predicted molar refractivity (Wildman–Crippen MR) is 69.8 cm³/mol. The van der Waals surface area contributed by atoms with Crippen molar-refractivity contribution in [1.82, 2.24) is 5.32 Å². The molecule has 3 N–H and O–H groups in total. The highest BCUT2D eigenvalue weighted by molar-refractivity contribution is 5.19. The Hall–Kier alpha value is -1.06. The highest BCUT2D eigenvalue weighted by Gasteiger charge is 2.36. The third-order valence-electron chi connectivity index (χ3n) is 3.35. The number of hydrogen-bond donors (Lipinski definition) is 2. The number of furan rings is 1. The summed E-state index contributed by atoms with van der Waals surface area (Å²) in [6.45, 7) is 9.45. The first-order chi connectivity index (χ1) is 8.11. The van der Waals surface area contributed by atoms with Gasteiger partial charge in [-0.25, -0.2) is 0 Å². The first-order valence-corrected chi connectivity index (χ1v) is 6.29. The summed E-state index contributed by atoms with van der Waals surface area (Å²) in [5, 5.41) is 3.35. The molecule has 0 spiro atoms. The second-order valence-electron chi connectivity index (χ2n) is 5.19.